The molecule has 150 valence electrons. The molecule has 3 rings (SSSR count). The summed E-state index contributed by atoms with van der Waals surface area (Å²) < 4.78 is 33.0. The molecule has 1 saturated heterocycles. The Balaban J connectivity index is 1.80. The van der Waals surface area contributed by atoms with Crippen LogP contribution in [-0.4, -0.2) is 59.1 Å². The van der Waals surface area contributed by atoms with Crippen LogP contribution in [-0.2, 0) is 14.8 Å². The third-order valence-electron chi connectivity index (χ3n) is 4.89. The third-order valence-corrected chi connectivity index (χ3v) is 6.28. The van der Waals surface area contributed by atoms with E-state index in [4.69, 9.17) is 0 Å². The van der Waals surface area contributed by atoms with Gasteiger partial charge < -0.3 is 14.5 Å². The lowest BCUT2D eigenvalue weighted by Crippen LogP contribution is -2.46. The van der Waals surface area contributed by atoms with E-state index in [1.165, 1.54) is 31.4 Å². The summed E-state index contributed by atoms with van der Waals surface area (Å²) in [5, 5.41) is 0. The maximum atomic E-state index is 12.8. The molecule has 0 unspecified atom stereocenters. The van der Waals surface area contributed by atoms with Gasteiger partial charge in [0.25, 0.3) is 10.0 Å². The minimum Gasteiger partial charge on any atom is -0.465 e. The van der Waals surface area contributed by atoms with Crippen LogP contribution in [0, 0.1) is 0 Å². The van der Waals surface area contributed by atoms with Crippen molar-refractivity contribution in [1.29, 1.82) is 0 Å². The van der Waals surface area contributed by atoms with Crippen LogP contribution in [0.2, 0.25) is 0 Å². The van der Waals surface area contributed by atoms with Gasteiger partial charge in [-0.3, -0.25) is 4.72 Å². The first-order valence-corrected chi connectivity index (χ1v) is 10.7. The van der Waals surface area contributed by atoms with Crippen molar-refractivity contribution < 1.29 is 17.9 Å². The zero-order chi connectivity index (χ0) is 20.1. The Morgan fingerprint density at radius 1 is 1.04 bits per heavy atom. The summed E-state index contributed by atoms with van der Waals surface area (Å²) in [7, 11) is -2.49. The lowest BCUT2D eigenvalue weighted by Gasteiger charge is -2.36. The highest BCUT2D eigenvalue weighted by Gasteiger charge is 2.21. The molecule has 1 heterocycles. The van der Waals surface area contributed by atoms with Crippen molar-refractivity contribution in [3.05, 3.63) is 54.1 Å². The van der Waals surface area contributed by atoms with Gasteiger partial charge in [0.05, 0.1) is 28.9 Å². The second-order valence-electron chi connectivity index (χ2n) is 6.56. The number of rotatable bonds is 6. The zero-order valence-electron chi connectivity index (χ0n) is 16.1. The van der Waals surface area contributed by atoms with Gasteiger partial charge in [0.15, 0.2) is 0 Å². The van der Waals surface area contributed by atoms with Crippen LogP contribution < -0.4 is 9.62 Å². The molecule has 1 aliphatic heterocycles. The van der Waals surface area contributed by atoms with E-state index in [9.17, 15) is 13.2 Å². The lowest BCUT2D eigenvalue weighted by atomic mass is 10.2. The van der Waals surface area contributed by atoms with Gasteiger partial charge in [-0.15, -0.1) is 0 Å². The number of esters is 1. The van der Waals surface area contributed by atoms with Gasteiger partial charge in [-0.25, -0.2) is 13.2 Å². The highest BCUT2D eigenvalue weighted by Crippen LogP contribution is 2.29. The molecule has 28 heavy (non-hydrogen) atoms. The normalized spacial score (nSPS) is 15.3. The summed E-state index contributed by atoms with van der Waals surface area (Å²) in [5.74, 6) is -0.506. The van der Waals surface area contributed by atoms with Crippen LogP contribution in [0.1, 0.15) is 17.3 Å². The number of benzene rings is 2. The maximum Gasteiger partial charge on any atom is 0.337 e. The molecule has 1 aliphatic rings. The summed E-state index contributed by atoms with van der Waals surface area (Å²) >= 11 is 0. The highest BCUT2D eigenvalue weighted by molar-refractivity contribution is 7.92. The van der Waals surface area contributed by atoms with Gasteiger partial charge in [-0.1, -0.05) is 19.1 Å². The standard InChI is InChI=1S/C20H25N3O4S/c1-3-22-12-14-23(15-13-22)19-7-5-4-6-18(19)21-28(25,26)17-10-8-16(9-11-17)20(24)27-2/h4-11,21H,3,12-15H2,1-2H3. The van der Waals surface area contributed by atoms with E-state index in [0.29, 0.717) is 11.3 Å². The van der Waals surface area contributed by atoms with Crippen LogP contribution in [0.5, 0.6) is 0 Å². The van der Waals surface area contributed by atoms with E-state index in [1.54, 1.807) is 6.07 Å². The fourth-order valence-electron chi connectivity index (χ4n) is 3.23. The van der Waals surface area contributed by atoms with E-state index in [-0.39, 0.29) is 4.90 Å². The van der Waals surface area contributed by atoms with Gasteiger partial charge in [0.2, 0.25) is 0 Å². The Kier molecular flexibility index (Phi) is 6.21. The number of nitrogens with zero attached hydrogens (tertiary/aromatic N) is 2. The molecule has 8 heteroatoms. The van der Waals surface area contributed by atoms with Crippen molar-refractivity contribution in [2.24, 2.45) is 0 Å². The van der Waals surface area contributed by atoms with Crippen molar-refractivity contribution >= 4 is 27.4 Å². The fraction of sp³-hybridized carbons (Fsp3) is 0.350. The summed E-state index contributed by atoms with van der Waals surface area (Å²) in [4.78, 5) is 16.2. The number of piperazine rings is 1. The Labute approximate surface area is 166 Å². The Morgan fingerprint density at radius 2 is 1.68 bits per heavy atom. The monoisotopic (exact) mass is 403 g/mol. The molecule has 2 aromatic rings. The molecule has 7 nitrogen and oxygen atoms in total. The van der Waals surface area contributed by atoms with E-state index < -0.39 is 16.0 Å². The average Bonchev–Trinajstić information content (AvgIpc) is 2.73. The summed E-state index contributed by atoms with van der Waals surface area (Å²) in [6.45, 7) is 6.76. The number of nitrogens with one attached hydrogen (secondary N) is 1. The van der Waals surface area contributed by atoms with Gasteiger partial charge in [-0.05, 0) is 42.9 Å². The lowest BCUT2D eigenvalue weighted by molar-refractivity contribution is 0.0600. The Hall–Kier alpha value is -2.58. The number of anilines is 2. The first-order valence-electron chi connectivity index (χ1n) is 9.22. The minimum atomic E-state index is -3.78. The van der Waals surface area contributed by atoms with Crippen LogP contribution in [0.15, 0.2) is 53.4 Å². The predicted octanol–water partition coefficient (Wildman–Crippen LogP) is 2.42. The molecule has 0 radical (unpaired) electrons. The molecule has 1 fully saturated rings. The smallest absolute Gasteiger partial charge is 0.337 e. The largest absolute Gasteiger partial charge is 0.465 e. The molecular formula is C20H25N3O4S. The van der Waals surface area contributed by atoms with E-state index >= 15 is 0 Å². The Bertz CT molecular complexity index is 921. The van der Waals surface area contributed by atoms with Gasteiger partial charge in [0.1, 0.15) is 0 Å². The van der Waals surface area contributed by atoms with Crippen LogP contribution >= 0.6 is 0 Å². The second-order valence-corrected chi connectivity index (χ2v) is 8.24. The van der Waals surface area contributed by atoms with E-state index in [2.05, 4.69) is 26.2 Å². The molecular weight excluding hydrogens is 378 g/mol. The average molecular weight is 404 g/mol. The number of para-hydroxylation sites is 2. The predicted molar refractivity (Wildman–Crippen MR) is 109 cm³/mol. The summed E-state index contributed by atoms with van der Waals surface area (Å²) in [6.07, 6.45) is 0. The number of methoxy groups -OCH3 is 1. The van der Waals surface area contributed by atoms with Gasteiger partial charge in [-0.2, -0.15) is 0 Å². The van der Waals surface area contributed by atoms with Crippen molar-refractivity contribution in [3.8, 4) is 0 Å². The molecule has 0 atom stereocenters. The van der Waals surface area contributed by atoms with Crippen LogP contribution in [0.25, 0.3) is 0 Å². The maximum absolute atomic E-state index is 12.8. The fourth-order valence-corrected chi connectivity index (χ4v) is 4.31. The highest BCUT2D eigenvalue weighted by atomic mass is 32.2. The number of sulfonamides is 1. The summed E-state index contributed by atoms with van der Waals surface area (Å²) in [6, 6.07) is 13.1. The molecule has 0 bridgehead atoms. The number of carbonyl (C=O) groups excluding carboxylic acids is 1. The van der Waals surface area contributed by atoms with E-state index in [0.717, 1.165) is 38.4 Å². The number of carbonyl (C=O) groups is 1. The molecule has 0 amide bonds. The summed E-state index contributed by atoms with van der Waals surface area (Å²) in [5.41, 5.74) is 1.72. The van der Waals surface area contributed by atoms with Crippen molar-refractivity contribution in [1.82, 2.24) is 4.90 Å². The SMILES string of the molecule is CCN1CCN(c2ccccc2NS(=O)(=O)c2ccc(C(=O)OC)cc2)CC1. The first-order chi connectivity index (χ1) is 13.4. The Morgan fingerprint density at radius 3 is 2.29 bits per heavy atom. The number of likely N-dealkylation sites (N-methyl/N-ethyl adjacent to an activating group) is 1. The molecule has 0 aliphatic carbocycles. The van der Waals surface area contributed by atoms with Crippen LogP contribution in [0.4, 0.5) is 11.4 Å². The number of ether oxygens (including phenoxy) is 1. The minimum absolute atomic E-state index is 0.0887. The third kappa shape index (κ3) is 4.45. The zero-order valence-corrected chi connectivity index (χ0v) is 16.9. The van der Waals surface area contributed by atoms with Gasteiger partial charge >= 0.3 is 5.97 Å². The molecule has 0 saturated carbocycles. The first kappa shape index (κ1) is 20.2. The van der Waals surface area contributed by atoms with Crippen LogP contribution in [0.3, 0.4) is 0 Å². The van der Waals surface area contributed by atoms with Gasteiger partial charge in [0, 0.05) is 26.2 Å². The van der Waals surface area contributed by atoms with E-state index in [1.807, 2.05) is 18.2 Å². The number of hydrogen-bond acceptors (Lipinski definition) is 6. The molecule has 0 spiro atoms. The topological polar surface area (TPSA) is 79.0 Å². The second kappa shape index (κ2) is 8.62. The van der Waals surface area contributed by atoms with Crippen molar-refractivity contribution in [2.45, 2.75) is 11.8 Å². The van der Waals surface area contributed by atoms with Crippen molar-refractivity contribution in [3.63, 3.8) is 0 Å². The molecule has 0 aromatic heterocycles. The number of hydrogen-bond donors (Lipinski definition) is 1. The molecule has 1 N–H and O–H groups in total. The quantitative estimate of drug-likeness (QED) is 0.747. The van der Waals surface area contributed by atoms with Crippen molar-refractivity contribution in [2.75, 3.05) is 49.5 Å². The molecule has 2 aromatic carbocycles.